The lowest BCUT2D eigenvalue weighted by Gasteiger charge is -2.18. The number of nitrogens with one attached hydrogen (secondary N) is 1. The van der Waals surface area contributed by atoms with Gasteiger partial charge in [-0.1, -0.05) is 23.7 Å². The fourth-order valence-electron chi connectivity index (χ4n) is 2.66. The van der Waals surface area contributed by atoms with Gasteiger partial charge in [0.1, 0.15) is 0 Å². The molecular formula is C15H16ClF3N2O3. The minimum atomic E-state index is -4.66. The second-order valence-corrected chi connectivity index (χ2v) is 6.15. The zero-order valence-corrected chi connectivity index (χ0v) is 13.5. The first-order valence-corrected chi connectivity index (χ1v) is 7.54. The highest BCUT2D eigenvalue weighted by atomic mass is 35.5. The fraction of sp³-hybridized carbons (Fsp3) is 0.467. The third-order valence-corrected chi connectivity index (χ3v) is 4.43. The molecule has 1 aromatic carbocycles. The molecule has 1 heterocycles. The first-order chi connectivity index (χ1) is 11.1. The van der Waals surface area contributed by atoms with E-state index >= 15 is 0 Å². The Morgan fingerprint density at radius 3 is 2.54 bits per heavy atom. The normalized spacial score (nSPS) is 21.0. The number of carboxylic acid groups (broad SMARTS) is 1. The van der Waals surface area contributed by atoms with E-state index in [4.69, 9.17) is 16.7 Å². The number of urea groups is 1. The minimum Gasteiger partial charge on any atom is -0.481 e. The molecule has 5 nitrogen and oxygen atoms in total. The summed E-state index contributed by atoms with van der Waals surface area (Å²) in [6.07, 6.45) is -4.66. The van der Waals surface area contributed by atoms with Crippen LogP contribution in [0, 0.1) is 18.8 Å². The van der Waals surface area contributed by atoms with Crippen molar-refractivity contribution in [3.8, 4) is 0 Å². The van der Waals surface area contributed by atoms with E-state index in [1.165, 1.54) is 0 Å². The Morgan fingerprint density at radius 1 is 1.38 bits per heavy atom. The second kappa shape index (κ2) is 6.88. The van der Waals surface area contributed by atoms with Crippen molar-refractivity contribution in [2.45, 2.75) is 19.6 Å². The molecule has 1 fully saturated rings. The monoisotopic (exact) mass is 364 g/mol. The van der Waals surface area contributed by atoms with Crippen LogP contribution in [-0.2, 0) is 11.3 Å². The standard InChI is InChI=1S/C15H16ClF3N2O3/c1-8-4-9(2-3-12(8)16)5-20-14(24)21-6-10(13(22)23)11(7-21)15(17,18)19/h2-4,10-11H,5-7H2,1H3,(H,20,24)(H,22,23)/t10-,11-/m1/s1. The molecule has 2 N–H and O–H groups in total. The smallest absolute Gasteiger partial charge is 0.394 e. The maximum Gasteiger partial charge on any atom is 0.394 e. The molecule has 0 aliphatic carbocycles. The number of nitrogens with zero attached hydrogens (tertiary/aromatic N) is 1. The molecule has 24 heavy (non-hydrogen) atoms. The zero-order chi connectivity index (χ0) is 18.1. The van der Waals surface area contributed by atoms with Gasteiger partial charge in [-0.2, -0.15) is 13.2 Å². The van der Waals surface area contributed by atoms with Gasteiger partial charge < -0.3 is 15.3 Å². The van der Waals surface area contributed by atoms with E-state index in [-0.39, 0.29) is 6.54 Å². The van der Waals surface area contributed by atoms with Gasteiger partial charge in [0.15, 0.2) is 0 Å². The number of carbonyl (C=O) groups is 2. The van der Waals surface area contributed by atoms with Crippen molar-refractivity contribution in [3.63, 3.8) is 0 Å². The van der Waals surface area contributed by atoms with Crippen molar-refractivity contribution >= 4 is 23.6 Å². The van der Waals surface area contributed by atoms with Crippen LogP contribution in [-0.4, -0.2) is 41.3 Å². The Kier molecular flexibility index (Phi) is 5.27. The van der Waals surface area contributed by atoms with Gasteiger partial charge in [0, 0.05) is 24.7 Å². The molecule has 1 aliphatic rings. The van der Waals surface area contributed by atoms with E-state index in [1.807, 2.05) is 0 Å². The first kappa shape index (κ1) is 18.4. The fourth-order valence-corrected chi connectivity index (χ4v) is 2.78. The topological polar surface area (TPSA) is 69.6 Å². The average molecular weight is 365 g/mol. The van der Waals surface area contributed by atoms with E-state index in [2.05, 4.69) is 5.32 Å². The number of halogens is 4. The van der Waals surface area contributed by atoms with Crippen LogP contribution >= 0.6 is 11.6 Å². The maximum atomic E-state index is 12.9. The van der Waals surface area contributed by atoms with Crippen molar-refractivity contribution in [1.29, 1.82) is 0 Å². The Hall–Kier alpha value is -1.96. The van der Waals surface area contributed by atoms with Crippen LogP contribution < -0.4 is 5.32 Å². The number of aryl methyl sites for hydroxylation is 1. The van der Waals surface area contributed by atoms with Crippen LogP contribution in [0.4, 0.5) is 18.0 Å². The molecule has 9 heteroatoms. The zero-order valence-electron chi connectivity index (χ0n) is 12.7. The lowest BCUT2D eigenvalue weighted by molar-refractivity contribution is -0.187. The SMILES string of the molecule is Cc1cc(CNC(=O)N2C[C@@H](C(F)(F)F)[C@H](C(=O)O)C2)ccc1Cl. The molecule has 1 saturated heterocycles. The van der Waals surface area contributed by atoms with Gasteiger partial charge in [-0.3, -0.25) is 4.79 Å². The molecule has 1 aromatic rings. The summed E-state index contributed by atoms with van der Waals surface area (Å²) in [4.78, 5) is 23.9. The number of rotatable bonds is 3. The highest BCUT2D eigenvalue weighted by Crippen LogP contribution is 2.37. The summed E-state index contributed by atoms with van der Waals surface area (Å²) in [5, 5.41) is 12.0. The number of carboxylic acids is 1. The number of alkyl halides is 3. The number of hydrogen-bond donors (Lipinski definition) is 2. The number of hydrogen-bond acceptors (Lipinski definition) is 2. The average Bonchev–Trinajstić information content (AvgIpc) is 2.94. The van der Waals surface area contributed by atoms with Crippen LogP contribution in [0.3, 0.4) is 0 Å². The molecule has 2 rings (SSSR count). The molecule has 2 atom stereocenters. The maximum absolute atomic E-state index is 12.9. The van der Waals surface area contributed by atoms with E-state index in [0.29, 0.717) is 5.02 Å². The highest BCUT2D eigenvalue weighted by Gasteiger charge is 2.53. The molecule has 0 spiro atoms. The molecule has 2 amide bonds. The molecule has 1 aliphatic heterocycles. The number of likely N-dealkylation sites (tertiary alicyclic amines) is 1. The van der Waals surface area contributed by atoms with Crippen molar-refractivity contribution < 1.29 is 27.9 Å². The van der Waals surface area contributed by atoms with E-state index < -0.39 is 43.1 Å². The second-order valence-electron chi connectivity index (χ2n) is 5.74. The molecule has 0 saturated carbocycles. The lowest BCUT2D eigenvalue weighted by Crippen LogP contribution is -2.39. The predicted octanol–water partition coefficient (Wildman–Crippen LogP) is 3.05. The Morgan fingerprint density at radius 2 is 2.04 bits per heavy atom. The third kappa shape index (κ3) is 4.11. The Balaban J connectivity index is 2.00. The van der Waals surface area contributed by atoms with Crippen LogP contribution in [0.5, 0.6) is 0 Å². The summed E-state index contributed by atoms with van der Waals surface area (Å²) in [6.45, 7) is 0.776. The molecular weight excluding hydrogens is 349 g/mol. The van der Waals surface area contributed by atoms with Crippen LogP contribution in [0.15, 0.2) is 18.2 Å². The van der Waals surface area contributed by atoms with Crippen molar-refractivity contribution in [3.05, 3.63) is 34.3 Å². The molecule has 0 unspecified atom stereocenters. The lowest BCUT2D eigenvalue weighted by atomic mass is 9.96. The van der Waals surface area contributed by atoms with Crippen LogP contribution in [0.2, 0.25) is 5.02 Å². The van der Waals surface area contributed by atoms with E-state index in [9.17, 15) is 22.8 Å². The van der Waals surface area contributed by atoms with Gasteiger partial charge in [0.2, 0.25) is 0 Å². The summed E-state index contributed by atoms with van der Waals surface area (Å²) in [5.74, 6) is -5.26. The Labute approximate surface area is 141 Å². The van der Waals surface area contributed by atoms with Crippen molar-refractivity contribution in [2.24, 2.45) is 11.8 Å². The summed E-state index contributed by atoms with van der Waals surface area (Å²) in [7, 11) is 0. The molecule has 0 bridgehead atoms. The van der Waals surface area contributed by atoms with E-state index in [1.54, 1.807) is 25.1 Å². The summed E-state index contributed by atoms with van der Waals surface area (Å²) in [6, 6.07) is 4.39. The van der Waals surface area contributed by atoms with Crippen LogP contribution in [0.25, 0.3) is 0 Å². The van der Waals surface area contributed by atoms with Gasteiger partial charge in [-0.15, -0.1) is 0 Å². The number of carbonyl (C=O) groups excluding carboxylic acids is 1. The highest BCUT2D eigenvalue weighted by molar-refractivity contribution is 6.31. The van der Waals surface area contributed by atoms with Gasteiger partial charge in [-0.25, -0.2) is 4.79 Å². The largest absolute Gasteiger partial charge is 0.481 e. The van der Waals surface area contributed by atoms with Gasteiger partial charge >= 0.3 is 18.2 Å². The molecule has 0 radical (unpaired) electrons. The van der Waals surface area contributed by atoms with Gasteiger partial charge in [0.25, 0.3) is 0 Å². The minimum absolute atomic E-state index is 0.113. The van der Waals surface area contributed by atoms with Gasteiger partial charge in [-0.05, 0) is 24.1 Å². The summed E-state index contributed by atoms with van der Waals surface area (Å²) in [5.41, 5.74) is 1.55. The molecule has 132 valence electrons. The number of amides is 2. The predicted molar refractivity (Wildman–Crippen MR) is 80.7 cm³/mol. The summed E-state index contributed by atoms with van der Waals surface area (Å²) >= 11 is 5.89. The molecule has 0 aromatic heterocycles. The van der Waals surface area contributed by atoms with E-state index in [0.717, 1.165) is 16.0 Å². The number of aliphatic carboxylic acids is 1. The number of benzene rings is 1. The summed E-state index contributed by atoms with van der Waals surface area (Å²) < 4.78 is 38.7. The van der Waals surface area contributed by atoms with Crippen molar-refractivity contribution in [2.75, 3.05) is 13.1 Å². The third-order valence-electron chi connectivity index (χ3n) is 4.01. The van der Waals surface area contributed by atoms with Crippen LogP contribution in [0.1, 0.15) is 11.1 Å². The van der Waals surface area contributed by atoms with Gasteiger partial charge in [0.05, 0.1) is 11.8 Å². The van der Waals surface area contributed by atoms with Crippen molar-refractivity contribution in [1.82, 2.24) is 10.2 Å². The Bertz CT molecular complexity index is 651. The first-order valence-electron chi connectivity index (χ1n) is 7.17. The quantitative estimate of drug-likeness (QED) is 0.866.